The van der Waals surface area contributed by atoms with Gasteiger partial charge in [0.05, 0.1) is 30.2 Å². The zero-order chi connectivity index (χ0) is 20.5. The lowest BCUT2D eigenvalue weighted by Gasteiger charge is -2.29. The van der Waals surface area contributed by atoms with E-state index in [1.807, 2.05) is 59.6 Å². The Balaban J connectivity index is 1.63. The molecule has 3 aromatic heterocycles. The number of pyridine rings is 1. The molecule has 0 bridgehead atoms. The van der Waals surface area contributed by atoms with E-state index in [9.17, 15) is 5.11 Å². The van der Waals surface area contributed by atoms with Gasteiger partial charge in [-0.15, -0.1) is 0 Å². The summed E-state index contributed by atoms with van der Waals surface area (Å²) in [7, 11) is 0. The van der Waals surface area contributed by atoms with Crippen molar-refractivity contribution in [2.45, 2.75) is 18.6 Å². The fourth-order valence-electron chi connectivity index (χ4n) is 3.99. The first-order chi connectivity index (χ1) is 14.7. The number of hydrogen-bond acceptors (Lipinski definition) is 4. The van der Waals surface area contributed by atoms with E-state index in [1.165, 1.54) is 0 Å². The number of furan rings is 1. The zero-order valence-electron chi connectivity index (χ0n) is 16.1. The van der Waals surface area contributed by atoms with E-state index in [0.717, 1.165) is 17.1 Å². The van der Waals surface area contributed by atoms with Crippen LogP contribution in [0.3, 0.4) is 0 Å². The average Bonchev–Trinajstić information content (AvgIpc) is 3.50. The van der Waals surface area contributed by atoms with E-state index in [0.29, 0.717) is 17.3 Å². The Kier molecular flexibility index (Phi) is 4.72. The quantitative estimate of drug-likeness (QED) is 0.470. The predicted molar refractivity (Wildman–Crippen MR) is 118 cm³/mol. The molecule has 0 saturated carbocycles. The summed E-state index contributed by atoms with van der Waals surface area (Å²) in [4.78, 5) is 6.54. The summed E-state index contributed by atoms with van der Waals surface area (Å²) in [6, 6.07) is 20.6. The second-order valence-electron chi connectivity index (χ2n) is 7.13. The van der Waals surface area contributed by atoms with Crippen LogP contribution in [-0.2, 0) is 6.54 Å². The van der Waals surface area contributed by atoms with Gasteiger partial charge >= 0.3 is 0 Å². The summed E-state index contributed by atoms with van der Waals surface area (Å²) >= 11 is 5.72. The zero-order valence-corrected chi connectivity index (χ0v) is 16.9. The first-order valence-corrected chi connectivity index (χ1v) is 10.1. The van der Waals surface area contributed by atoms with Crippen LogP contribution < -0.4 is 10.2 Å². The van der Waals surface area contributed by atoms with Crippen molar-refractivity contribution in [1.82, 2.24) is 14.9 Å². The van der Waals surface area contributed by atoms with Crippen LogP contribution in [0.2, 0.25) is 0 Å². The molecule has 2 N–H and O–H groups in total. The summed E-state index contributed by atoms with van der Waals surface area (Å²) < 4.78 is 7.70. The van der Waals surface area contributed by atoms with Crippen LogP contribution in [0.4, 0.5) is 5.69 Å². The number of anilines is 1. The van der Waals surface area contributed by atoms with Gasteiger partial charge in [-0.25, -0.2) is 0 Å². The molecule has 4 aromatic rings. The molecule has 4 heterocycles. The number of para-hydroxylation sites is 2. The summed E-state index contributed by atoms with van der Waals surface area (Å²) in [6.07, 6.45) is 5.48. The molecule has 1 saturated heterocycles. The molecule has 1 aromatic carbocycles. The number of benzene rings is 1. The minimum Gasteiger partial charge on any atom is -0.506 e. The lowest BCUT2D eigenvalue weighted by atomic mass is 10.0. The largest absolute Gasteiger partial charge is 0.506 e. The molecule has 2 atom stereocenters. The third-order valence-corrected chi connectivity index (χ3v) is 5.63. The van der Waals surface area contributed by atoms with Gasteiger partial charge < -0.3 is 24.3 Å². The number of phenolic OH excluding ortho intramolecular Hbond substituents is 1. The molecular formula is C23H20N4O2S. The topological polar surface area (TPSA) is 66.5 Å². The van der Waals surface area contributed by atoms with Gasteiger partial charge in [-0.3, -0.25) is 4.98 Å². The lowest BCUT2D eigenvalue weighted by Crippen LogP contribution is -2.30. The van der Waals surface area contributed by atoms with Gasteiger partial charge in [0.25, 0.3) is 0 Å². The first-order valence-electron chi connectivity index (χ1n) is 9.68. The fourth-order valence-corrected chi connectivity index (χ4v) is 4.33. The molecule has 0 amide bonds. The Labute approximate surface area is 179 Å². The van der Waals surface area contributed by atoms with E-state index in [4.69, 9.17) is 16.6 Å². The normalized spacial score (nSPS) is 18.5. The first kappa shape index (κ1) is 18.4. The Morgan fingerprint density at radius 2 is 1.90 bits per heavy atom. The van der Waals surface area contributed by atoms with Crippen LogP contribution >= 0.6 is 12.2 Å². The summed E-state index contributed by atoms with van der Waals surface area (Å²) in [5.74, 6) is 1.04. The highest BCUT2D eigenvalue weighted by Crippen LogP contribution is 2.44. The second-order valence-corrected chi connectivity index (χ2v) is 7.51. The van der Waals surface area contributed by atoms with Crippen molar-refractivity contribution in [3.8, 4) is 5.75 Å². The minimum atomic E-state index is -0.203. The fraction of sp³-hybridized carbons (Fsp3) is 0.130. The molecule has 1 aliphatic rings. The Morgan fingerprint density at radius 1 is 1.03 bits per heavy atom. The SMILES string of the molecule is Oc1ccccc1N1C(=S)N[C@H](c2ccccn2)[C@H]1c1cccn1Cc1ccco1. The highest BCUT2D eigenvalue weighted by Gasteiger charge is 2.42. The summed E-state index contributed by atoms with van der Waals surface area (Å²) in [5, 5.41) is 14.5. The number of hydrogen-bond donors (Lipinski definition) is 2. The van der Waals surface area contributed by atoms with E-state index in [-0.39, 0.29) is 17.8 Å². The number of nitrogens with one attached hydrogen (secondary N) is 1. The number of phenols is 1. The standard InChI is InChI=1S/C23H20N4O2S/c28-20-11-2-1-9-18(20)27-22(21(25-23(27)30)17-8-3-4-12-24-17)19-10-5-13-26(19)15-16-7-6-14-29-16/h1-14,21-22,28H,15H2,(H,25,30)/t21-,22-/m1/s1. The molecule has 1 aliphatic heterocycles. The van der Waals surface area contributed by atoms with Crippen molar-refractivity contribution < 1.29 is 9.52 Å². The Hall–Kier alpha value is -3.58. The minimum absolute atomic E-state index is 0.177. The van der Waals surface area contributed by atoms with Gasteiger partial charge in [0.1, 0.15) is 17.6 Å². The van der Waals surface area contributed by atoms with Gasteiger partial charge in [-0.05, 0) is 60.7 Å². The molecule has 1 fully saturated rings. The van der Waals surface area contributed by atoms with Gasteiger partial charge in [-0.1, -0.05) is 18.2 Å². The van der Waals surface area contributed by atoms with Crippen LogP contribution in [0.15, 0.2) is 89.8 Å². The van der Waals surface area contributed by atoms with E-state index >= 15 is 0 Å². The number of thiocarbonyl (C=S) groups is 1. The number of rotatable bonds is 5. The number of aromatic nitrogens is 2. The van der Waals surface area contributed by atoms with E-state index < -0.39 is 0 Å². The average molecular weight is 417 g/mol. The Bertz CT molecular complexity index is 1160. The highest BCUT2D eigenvalue weighted by molar-refractivity contribution is 7.80. The highest BCUT2D eigenvalue weighted by atomic mass is 32.1. The van der Waals surface area contributed by atoms with Crippen molar-refractivity contribution >= 4 is 23.0 Å². The van der Waals surface area contributed by atoms with Crippen molar-refractivity contribution in [1.29, 1.82) is 0 Å². The van der Waals surface area contributed by atoms with Crippen molar-refractivity contribution in [3.63, 3.8) is 0 Å². The van der Waals surface area contributed by atoms with Gasteiger partial charge in [-0.2, -0.15) is 0 Å². The van der Waals surface area contributed by atoms with Crippen LogP contribution in [0.1, 0.15) is 29.2 Å². The van der Waals surface area contributed by atoms with Gasteiger partial charge in [0, 0.05) is 18.1 Å². The summed E-state index contributed by atoms with van der Waals surface area (Å²) in [5.41, 5.74) is 2.58. The van der Waals surface area contributed by atoms with Crippen LogP contribution in [0.5, 0.6) is 5.75 Å². The van der Waals surface area contributed by atoms with Crippen molar-refractivity contribution in [2.75, 3.05) is 4.90 Å². The second kappa shape index (κ2) is 7.68. The lowest BCUT2D eigenvalue weighted by molar-refractivity contribution is 0.465. The molecule has 30 heavy (non-hydrogen) atoms. The molecule has 0 spiro atoms. The summed E-state index contributed by atoms with van der Waals surface area (Å²) in [6.45, 7) is 0.599. The van der Waals surface area contributed by atoms with Crippen molar-refractivity contribution in [2.24, 2.45) is 0 Å². The maximum absolute atomic E-state index is 10.6. The maximum atomic E-state index is 10.6. The molecule has 150 valence electrons. The van der Waals surface area contributed by atoms with Gasteiger partial charge in [0.15, 0.2) is 5.11 Å². The number of nitrogens with zero attached hydrogens (tertiary/aromatic N) is 3. The van der Waals surface area contributed by atoms with E-state index in [1.54, 1.807) is 24.6 Å². The monoisotopic (exact) mass is 416 g/mol. The molecule has 0 radical (unpaired) electrons. The predicted octanol–water partition coefficient (Wildman–Crippen LogP) is 4.41. The Morgan fingerprint density at radius 3 is 2.67 bits per heavy atom. The number of aromatic hydroxyl groups is 1. The third kappa shape index (κ3) is 3.23. The van der Waals surface area contributed by atoms with Crippen LogP contribution in [-0.4, -0.2) is 19.8 Å². The molecule has 0 unspecified atom stereocenters. The molecule has 0 aliphatic carbocycles. The maximum Gasteiger partial charge on any atom is 0.174 e. The smallest absolute Gasteiger partial charge is 0.174 e. The third-order valence-electron chi connectivity index (χ3n) is 5.31. The molecular weight excluding hydrogens is 396 g/mol. The van der Waals surface area contributed by atoms with Crippen LogP contribution in [0.25, 0.3) is 0 Å². The molecule has 6 nitrogen and oxygen atoms in total. The molecule has 5 rings (SSSR count). The van der Waals surface area contributed by atoms with E-state index in [2.05, 4.69) is 20.9 Å². The van der Waals surface area contributed by atoms with Crippen molar-refractivity contribution in [3.05, 3.63) is 103 Å². The molecule has 7 heteroatoms. The van der Waals surface area contributed by atoms with Gasteiger partial charge in [0.2, 0.25) is 0 Å². The van der Waals surface area contributed by atoms with Crippen LogP contribution in [0, 0.1) is 0 Å².